The van der Waals surface area contributed by atoms with Gasteiger partial charge in [-0.3, -0.25) is 9.59 Å². The fourth-order valence-electron chi connectivity index (χ4n) is 4.07. The van der Waals surface area contributed by atoms with Gasteiger partial charge in [0.25, 0.3) is 0 Å². The Morgan fingerprint density at radius 1 is 1.15 bits per heavy atom. The smallest absolute Gasteiger partial charge is 0.245 e. The summed E-state index contributed by atoms with van der Waals surface area (Å²) in [6.45, 7) is 6.19. The van der Waals surface area contributed by atoms with Crippen LogP contribution in [0.3, 0.4) is 0 Å². The van der Waals surface area contributed by atoms with Crippen molar-refractivity contribution < 1.29 is 9.59 Å². The lowest BCUT2D eigenvalue weighted by Gasteiger charge is -2.41. The Morgan fingerprint density at radius 2 is 1.81 bits per heavy atom. The fourth-order valence-corrected chi connectivity index (χ4v) is 4.07. The number of carbonyl (C=O) groups is 2. The van der Waals surface area contributed by atoms with Crippen molar-refractivity contribution in [1.29, 1.82) is 0 Å². The molecule has 2 aliphatic heterocycles. The summed E-state index contributed by atoms with van der Waals surface area (Å²) in [5.74, 6) is 0.505. The predicted octanol–water partition coefficient (Wildman–Crippen LogP) is 2.20. The summed E-state index contributed by atoms with van der Waals surface area (Å²) in [4.78, 5) is 29.9. The standard InChI is InChI=1S/C21H31N3O2/c1-15(2)12-20(25)24-14-17-7-5-4-6-16(17)13-19(24)21(26)23-10-8-18(22-3)9-11-23/h4-7,15,18-19,22H,8-14H2,1-3H3. The number of benzene rings is 1. The number of piperidine rings is 1. The Hall–Kier alpha value is -1.88. The van der Waals surface area contributed by atoms with Gasteiger partial charge in [0.2, 0.25) is 11.8 Å². The monoisotopic (exact) mass is 357 g/mol. The molecule has 0 saturated carbocycles. The molecule has 142 valence electrons. The molecule has 0 aliphatic carbocycles. The molecular formula is C21H31N3O2. The van der Waals surface area contributed by atoms with Gasteiger partial charge in [-0.25, -0.2) is 0 Å². The molecule has 3 rings (SSSR count). The van der Waals surface area contributed by atoms with Gasteiger partial charge in [-0.05, 0) is 36.9 Å². The van der Waals surface area contributed by atoms with Crippen molar-refractivity contribution in [3.05, 3.63) is 35.4 Å². The van der Waals surface area contributed by atoms with Crippen molar-refractivity contribution in [2.45, 2.75) is 58.2 Å². The SMILES string of the molecule is CNC1CCN(C(=O)C2Cc3ccccc3CN2C(=O)CC(C)C)CC1. The summed E-state index contributed by atoms with van der Waals surface area (Å²) in [7, 11) is 1.98. The maximum Gasteiger partial charge on any atom is 0.245 e. The molecule has 1 atom stereocenters. The maximum atomic E-state index is 13.3. The molecule has 0 radical (unpaired) electrons. The van der Waals surface area contributed by atoms with Gasteiger partial charge in [-0.15, -0.1) is 0 Å². The zero-order valence-corrected chi connectivity index (χ0v) is 16.2. The molecule has 5 nitrogen and oxygen atoms in total. The van der Waals surface area contributed by atoms with Crippen molar-refractivity contribution in [3.63, 3.8) is 0 Å². The van der Waals surface area contributed by atoms with Gasteiger partial charge in [-0.1, -0.05) is 38.1 Å². The average molecular weight is 357 g/mol. The second-order valence-corrected chi connectivity index (χ2v) is 8.00. The van der Waals surface area contributed by atoms with Crippen LogP contribution in [0.25, 0.3) is 0 Å². The second kappa shape index (κ2) is 8.21. The van der Waals surface area contributed by atoms with Gasteiger partial charge in [0.1, 0.15) is 6.04 Å². The normalized spacial score (nSPS) is 21.0. The zero-order valence-electron chi connectivity index (χ0n) is 16.2. The van der Waals surface area contributed by atoms with E-state index < -0.39 is 0 Å². The Balaban J connectivity index is 1.79. The summed E-state index contributed by atoms with van der Waals surface area (Å²) < 4.78 is 0. The Bertz CT molecular complexity index is 650. The molecule has 1 N–H and O–H groups in total. The molecular weight excluding hydrogens is 326 g/mol. The quantitative estimate of drug-likeness (QED) is 0.899. The number of amides is 2. The molecule has 2 aliphatic rings. The topological polar surface area (TPSA) is 52.7 Å². The number of hydrogen-bond acceptors (Lipinski definition) is 3. The van der Waals surface area contributed by atoms with Crippen molar-refractivity contribution in [3.8, 4) is 0 Å². The van der Waals surface area contributed by atoms with Crippen LogP contribution in [0, 0.1) is 5.92 Å². The van der Waals surface area contributed by atoms with E-state index in [0.29, 0.717) is 31.3 Å². The van der Waals surface area contributed by atoms with Crippen LogP contribution in [0.5, 0.6) is 0 Å². The van der Waals surface area contributed by atoms with Crippen LogP contribution in [0.4, 0.5) is 0 Å². The van der Waals surface area contributed by atoms with E-state index in [9.17, 15) is 9.59 Å². The van der Waals surface area contributed by atoms with Crippen molar-refractivity contribution >= 4 is 11.8 Å². The third-order valence-corrected chi connectivity index (χ3v) is 5.65. The largest absolute Gasteiger partial charge is 0.341 e. The summed E-state index contributed by atoms with van der Waals surface area (Å²) in [6, 6.07) is 8.32. The van der Waals surface area contributed by atoms with Crippen molar-refractivity contribution in [2.24, 2.45) is 5.92 Å². The zero-order chi connectivity index (χ0) is 18.7. The van der Waals surface area contributed by atoms with Crippen LogP contribution in [-0.4, -0.2) is 53.8 Å². The molecule has 1 unspecified atom stereocenters. The summed E-state index contributed by atoms with van der Waals surface area (Å²) in [5, 5.41) is 3.30. The van der Waals surface area contributed by atoms with Crippen LogP contribution in [0.15, 0.2) is 24.3 Å². The lowest BCUT2D eigenvalue weighted by molar-refractivity contribution is -0.148. The number of likely N-dealkylation sites (tertiary alicyclic amines) is 1. The molecule has 0 aromatic heterocycles. The van der Waals surface area contributed by atoms with E-state index >= 15 is 0 Å². The minimum absolute atomic E-state index is 0.0953. The van der Waals surface area contributed by atoms with E-state index in [-0.39, 0.29) is 17.9 Å². The average Bonchev–Trinajstić information content (AvgIpc) is 2.66. The first-order valence-electron chi connectivity index (χ1n) is 9.82. The Kier molecular flexibility index (Phi) is 5.97. The van der Waals surface area contributed by atoms with Crippen LogP contribution >= 0.6 is 0 Å². The molecule has 2 amide bonds. The highest BCUT2D eigenvalue weighted by Crippen LogP contribution is 2.26. The van der Waals surface area contributed by atoms with Crippen LogP contribution in [0.1, 0.15) is 44.2 Å². The Labute approximate surface area is 156 Å². The molecule has 1 aromatic rings. The number of nitrogens with zero attached hydrogens (tertiary/aromatic N) is 2. The first kappa shape index (κ1) is 18.9. The number of fused-ring (bicyclic) bond motifs is 1. The molecule has 1 aromatic carbocycles. The molecule has 2 heterocycles. The highest BCUT2D eigenvalue weighted by Gasteiger charge is 2.37. The summed E-state index contributed by atoms with van der Waals surface area (Å²) in [6.07, 6.45) is 3.08. The van der Waals surface area contributed by atoms with Crippen LogP contribution in [-0.2, 0) is 22.6 Å². The number of carbonyl (C=O) groups excluding carboxylic acids is 2. The number of rotatable bonds is 4. The first-order chi connectivity index (χ1) is 12.5. The minimum Gasteiger partial charge on any atom is -0.341 e. The third kappa shape index (κ3) is 4.09. The van der Waals surface area contributed by atoms with E-state index in [1.807, 2.05) is 29.0 Å². The lowest BCUT2D eigenvalue weighted by atomic mass is 9.91. The van der Waals surface area contributed by atoms with Crippen LogP contribution in [0.2, 0.25) is 0 Å². The molecule has 1 saturated heterocycles. The van der Waals surface area contributed by atoms with E-state index in [4.69, 9.17) is 0 Å². The molecule has 5 heteroatoms. The maximum absolute atomic E-state index is 13.3. The lowest BCUT2D eigenvalue weighted by Crippen LogP contribution is -2.56. The van der Waals surface area contributed by atoms with E-state index in [0.717, 1.165) is 25.9 Å². The van der Waals surface area contributed by atoms with Crippen molar-refractivity contribution in [1.82, 2.24) is 15.1 Å². The molecule has 0 bridgehead atoms. The van der Waals surface area contributed by atoms with Crippen molar-refractivity contribution in [2.75, 3.05) is 20.1 Å². The molecule has 26 heavy (non-hydrogen) atoms. The second-order valence-electron chi connectivity index (χ2n) is 8.00. The highest BCUT2D eigenvalue weighted by molar-refractivity contribution is 5.88. The van der Waals surface area contributed by atoms with Gasteiger partial charge in [0.15, 0.2) is 0 Å². The fraction of sp³-hybridized carbons (Fsp3) is 0.619. The van der Waals surface area contributed by atoms with Gasteiger partial charge >= 0.3 is 0 Å². The highest BCUT2D eigenvalue weighted by atomic mass is 16.2. The predicted molar refractivity (Wildman–Crippen MR) is 103 cm³/mol. The molecule has 0 spiro atoms. The summed E-state index contributed by atoms with van der Waals surface area (Å²) >= 11 is 0. The first-order valence-corrected chi connectivity index (χ1v) is 9.82. The summed E-state index contributed by atoms with van der Waals surface area (Å²) in [5.41, 5.74) is 2.37. The Morgan fingerprint density at radius 3 is 2.42 bits per heavy atom. The van der Waals surface area contributed by atoms with Crippen LogP contribution < -0.4 is 5.32 Å². The van der Waals surface area contributed by atoms with Gasteiger partial charge < -0.3 is 15.1 Å². The van der Waals surface area contributed by atoms with Gasteiger partial charge in [-0.2, -0.15) is 0 Å². The number of nitrogens with one attached hydrogen (secondary N) is 1. The van der Waals surface area contributed by atoms with Gasteiger partial charge in [0.05, 0.1) is 0 Å². The number of hydrogen-bond donors (Lipinski definition) is 1. The molecule has 1 fully saturated rings. The van der Waals surface area contributed by atoms with E-state index in [1.54, 1.807) is 0 Å². The minimum atomic E-state index is -0.359. The third-order valence-electron chi connectivity index (χ3n) is 5.65. The van der Waals surface area contributed by atoms with E-state index in [2.05, 4.69) is 31.3 Å². The van der Waals surface area contributed by atoms with E-state index in [1.165, 1.54) is 11.1 Å². The van der Waals surface area contributed by atoms with Gasteiger partial charge in [0, 0.05) is 38.5 Å².